The molecule has 1 aliphatic rings. The summed E-state index contributed by atoms with van der Waals surface area (Å²) in [4.78, 5) is 0. The van der Waals surface area contributed by atoms with Gasteiger partial charge in [-0.05, 0) is 36.8 Å². The first-order valence-electron chi connectivity index (χ1n) is 7.63. The van der Waals surface area contributed by atoms with Crippen LogP contribution in [-0.4, -0.2) is 18.3 Å². The molecule has 1 aliphatic carbocycles. The van der Waals surface area contributed by atoms with Gasteiger partial charge in [-0.2, -0.15) is 11.8 Å². The first-order valence-corrected chi connectivity index (χ1v) is 8.78. The second-order valence-corrected chi connectivity index (χ2v) is 6.91. The van der Waals surface area contributed by atoms with Gasteiger partial charge in [0, 0.05) is 24.1 Å². The summed E-state index contributed by atoms with van der Waals surface area (Å²) in [6.45, 7) is 5.76. The van der Waals surface area contributed by atoms with E-state index in [1.165, 1.54) is 42.6 Å². The third-order valence-electron chi connectivity index (χ3n) is 4.28. The van der Waals surface area contributed by atoms with Crippen LogP contribution in [0.1, 0.15) is 43.7 Å². The minimum Gasteiger partial charge on any atom is -0.313 e. The summed E-state index contributed by atoms with van der Waals surface area (Å²) in [5, 5.41) is 3.75. The van der Waals surface area contributed by atoms with Crippen molar-refractivity contribution >= 4 is 11.8 Å². The molecule has 1 nitrogen and oxygen atoms in total. The van der Waals surface area contributed by atoms with E-state index < -0.39 is 0 Å². The Morgan fingerprint density at radius 2 is 2.00 bits per heavy atom. The number of aryl methyl sites for hydroxylation is 1. The van der Waals surface area contributed by atoms with E-state index in [4.69, 9.17) is 0 Å². The predicted octanol–water partition coefficient (Wildman–Crippen LogP) is 4.40. The van der Waals surface area contributed by atoms with Crippen LogP contribution in [0.25, 0.3) is 0 Å². The minimum absolute atomic E-state index is 0.771. The van der Waals surface area contributed by atoms with Crippen LogP contribution >= 0.6 is 11.8 Å². The van der Waals surface area contributed by atoms with E-state index in [9.17, 15) is 0 Å². The lowest BCUT2D eigenvalue weighted by atomic mass is 9.86. The third kappa shape index (κ3) is 4.85. The van der Waals surface area contributed by atoms with E-state index in [1.807, 2.05) is 11.8 Å². The summed E-state index contributed by atoms with van der Waals surface area (Å²) in [5.41, 5.74) is 2.90. The molecule has 2 unspecified atom stereocenters. The molecule has 0 spiro atoms. The first-order chi connectivity index (χ1) is 9.27. The van der Waals surface area contributed by atoms with Gasteiger partial charge in [0.05, 0.1) is 0 Å². The minimum atomic E-state index is 0.771. The van der Waals surface area contributed by atoms with Crippen LogP contribution in [-0.2, 0) is 5.75 Å². The van der Waals surface area contributed by atoms with Crippen molar-refractivity contribution in [3.63, 3.8) is 0 Å². The molecule has 106 valence electrons. The summed E-state index contributed by atoms with van der Waals surface area (Å²) in [6.07, 6.45) is 5.64. The van der Waals surface area contributed by atoms with Crippen molar-refractivity contribution in [2.24, 2.45) is 5.92 Å². The lowest BCUT2D eigenvalue weighted by Gasteiger charge is -2.29. The molecule has 0 heterocycles. The Labute approximate surface area is 122 Å². The van der Waals surface area contributed by atoms with E-state index in [1.54, 1.807) is 0 Å². The van der Waals surface area contributed by atoms with Crippen LogP contribution in [0.3, 0.4) is 0 Å². The van der Waals surface area contributed by atoms with E-state index >= 15 is 0 Å². The molecule has 1 saturated carbocycles. The van der Waals surface area contributed by atoms with Crippen molar-refractivity contribution in [3.05, 3.63) is 35.4 Å². The molecule has 19 heavy (non-hydrogen) atoms. The zero-order valence-electron chi connectivity index (χ0n) is 12.3. The van der Waals surface area contributed by atoms with Gasteiger partial charge in [0.25, 0.3) is 0 Å². The summed E-state index contributed by atoms with van der Waals surface area (Å²) < 4.78 is 0. The molecular formula is C17H27NS. The molecular weight excluding hydrogens is 250 g/mol. The molecule has 0 saturated heterocycles. The average Bonchev–Trinajstić information content (AvgIpc) is 2.42. The molecule has 2 rings (SSSR count). The van der Waals surface area contributed by atoms with Crippen LogP contribution in [0, 0.1) is 12.8 Å². The van der Waals surface area contributed by atoms with Gasteiger partial charge >= 0.3 is 0 Å². The second kappa shape index (κ2) is 7.96. The fourth-order valence-electron chi connectivity index (χ4n) is 2.89. The van der Waals surface area contributed by atoms with Crippen molar-refractivity contribution in [1.29, 1.82) is 0 Å². The molecule has 0 amide bonds. The maximum absolute atomic E-state index is 3.75. The highest BCUT2D eigenvalue weighted by atomic mass is 32.2. The Balaban J connectivity index is 1.61. The number of benzene rings is 1. The summed E-state index contributed by atoms with van der Waals surface area (Å²) in [6, 6.07) is 9.49. The van der Waals surface area contributed by atoms with E-state index in [0.717, 1.165) is 24.3 Å². The number of nitrogens with one attached hydrogen (secondary N) is 1. The van der Waals surface area contributed by atoms with Gasteiger partial charge < -0.3 is 5.32 Å². The lowest BCUT2D eigenvalue weighted by Crippen LogP contribution is -2.38. The monoisotopic (exact) mass is 277 g/mol. The fourth-order valence-corrected chi connectivity index (χ4v) is 3.84. The molecule has 0 bridgehead atoms. The topological polar surface area (TPSA) is 12.0 Å². The maximum Gasteiger partial charge on any atom is 0.0187 e. The van der Waals surface area contributed by atoms with Crippen molar-refractivity contribution in [3.8, 4) is 0 Å². The van der Waals surface area contributed by atoms with Gasteiger partial charge in [-0.3, -0.25) is 0 Å². The second-order valence-electron chi connectivity index (χ2n) is 5.80. The molecule has 1 fully saturated rings. The Morgan fingerprint density at radius 3 is 2.79 bits per heavy atom. The van der Waals surface area contributed by atoms with Crippen LogP contribution in [0.4, 0.5) is 0 Å². The highest BCUT2D eigenvalue weighted by Crippen LogP contribution is 2.23. The van der Waals surface area contributed by atoms with Gasteiger partial charge in [-0.25, -0.2) is 0 Å². The van der Waals surface area contributed by atoms with Gasteiger partial charge in [0.2, 0.25) is 0 Å². The zero-order valence-corrected chi connectivity index (χ0v) is 13.1. The zero-order chi connectivity index (χ0) is 13.5. The SMILES string of the molecule is Cc1ccccc1CSCCNC1CCCCC1C. The van der Waals surface area contributed by atoms with Crippen LogP contribution in [0.15, 0.2) is 24.3 Å². The Morgan fingerprint density at radius 1 is 1.21 bits per heavy atom. The molecule has 0 aromatic heterocycles. The van der Waals surface area contributed by atoms with E-state index in [-0.39, 0.29) is 0 Å². The van der Waals surface area contributed by atoms with Gasteiger partial charge in [-0.15, -0.1) is 0 Å². The molecule has 1 N–H and O–H groups in total. The van der Waals surface area contributed by atoms with Crippen molar-refractivity contribution in [2.45, 2.75) is 51.3 Å². The van der Waals surface area contributed by atoms with Gasteiger partial charge in [0.15, 0.2) is 0 Å². The quantitative estimate of drug-likeness (QED) is 0.774. The lowest BCUT2D eigenvalue weighted by molar-refractivity contribution is 0.285. The average molecular weight is 277 g/mol. The van der Waals surface area contributed by atoms with E-state index in [0.29, 0.717) is 0 Å². The standard InChI is InChI=1S/C17H27NS/c1-14-7-3-5-9-16(14)13-19-12-11-18-17-10-6-4-8-15(17)2/h3,5,7,9,15,17-18H,4,6,8,10-13H2,1-2H3. The normalized spacial score (nSPS) is 23.5. The maximum atomic E-state index is 3.75. The van der Waals surface area contributed by atoms with E-state index in [2.05, 4.69) is 43.4 Å². The molecule has 1 aromatic rings. The molecule has 1 aromatic carbocycles. The molecule has 2 heteroatoms. The number of rotatable bonds is 6. The fraction of sp³-hybridized carbons (Fsp3) is 0.647. The summed E-state index contributed by atoms with van der Waals surface area (Å²) >= 11 is 2.05. The molecule has 0 aliphatic heterocycles. The summed E-state index contributed by atoms with van der Waals surface area (Å²) in [7, 11) is 0. The highest BCUT2D eigenvalue weighted by Gasteiger charge is 2.19. The number of hydrogen-bond donors (Lipinski definition) is 1. The van der Waals surface area contributed by atoms with Crippen LogP contribution < -0.4 is 5.32 Å². The third-order valence-corrected chi connectivity index (χ3v) is 5.29. The molecule has 0 radical (unpaired) electrons. The van der Waals surface area contributed by atoms with Crippen molar-refractivity contribution in [2.75, 3.05) is 12.3 Å². The predicted molar refractivity (Wildman–Crippen MR) is 86.8 cm³/mol. The van der Waals surface area contributed by atoms with Gasteiger partial charge in [0.1, 0.15) is 0 Å². The number of hydrogen-bond acceptors (Lipinski definition) is 2. The Kier molecular flexibility index (Phi) is 6.25. The van der Waals surface area contributed by atoms with Crippen LogP contribution in [0.2, 0.25) is 0 Å². The number of thioether (sulfide) groups is 1. The first kappa shape index (κ1) is 14.9. The smallest absolute Gasteiger partial charge is 0.0187 e. The summed E-state index contributed by atoms with van der Waals surface area (Å²) in [5.74, 6) is 3.24. The largest absolute Gasteiger partial charge is 0.313 e. The van der Waals surface area contributed by atoms with Crippen molar-refractivity contribution < 1.29 is 0 Å². The Hall–Kier alpha value is -0.470. The Bertz CT molecular complexity index is 377. The highest BCUT2D eigenvalue weighted by molar-refractivity contribution is 7.98. The van der Waals surface area contributed by atoms with Crippen molar-refractivity contribution in [1.82, 2.24) is 5.32 Å². The van der Waals surface area contributed by atoms with Crippen LogP contribution in [0.5, 0.6) is 0 Å². The van der Waals surface area contributed by atoms with Gasteiger partial charge in [-0.1, -0.05) is 44.0 Å². The molecule has 2 atom stereocenters.